The molecule has 0 aromatic heterocycles. The summed E-state index contributed by atoms with van der Waals surface area (Å²) in [4.78, 5) is 4.95. The molecule has 0 unspecified atom stereocenters. The molecule has 5 heteroatoms. The fraction of sp³-hybridized carbons (Fsp3) is 0.400. The zero-order valence-electron chi connectivity index (χ0n) is 14.1. The van der Waals surface area contributed by atoms with E-state index in [0.29, 0.717) is 10.0 Å². The summed E-state index contributed by atoms with van der Waals surface area (Å²) in [5.74, 6) is 1.60. The number of piperazine rings is 1. The van der Waals surface area contributed by atoms with Crippen molar-refractivity contribution in [2.75, 3.05) is 37.6 Å². The van der Waals surface area contributed by atoms with Gasteiger partial charge in [-0.15, -0.1) is 17.0 Å². The van der Waals surface area contributed by atoms with E-state index >= 15 is 0 Å². The smallest absolute Gasteiger partial charge is 0.0825 e. The molecule has 2 fully saturated rings. The van der Waals surface area contributed by atoms with Crippen molar-refractivity contribution in [3.63, 3.8) is 0 Å². The highest BCUT2D eigenvalue weighted by atomic mass is 79.9. The van der Waals surface area contributed by atoms with Gasteiger partial charge >= 0.3 is 0 Å². The van der Waals surface area contributed by atoms with Crippen molar-refractivity contribution >= 4 is 45.9 Å². The van der Waals surface area contributed by atoms with E-state index in [9.17, 15) is 0 Å². The Balaban J connectivity index is 0.00000182. The summed E-state index contributed by atoms with van der Waals surface area (Å²) >= 11 is 12.5. The van der Waals surface area contributed by atoms with Crippen LogP contribution >= 0.6 is 40.2 Å². The zero-order valence-corrected chi connectivity index (χ0v) is 17.3. The quantitative estimate of drug-likeness (QED) is 0.618. The lowest BCUT2D eigenvalue weighted by molar-refractivity contribution is 0.246. The summed E-state index contributed by atoms with van der Waals surface area (Å²) in [6.45, 7) is 5.45. The molecule has 0 amide bonds. The summed E-state index contributed by atoms with van der Waals surface area (Å²) in [6, 6.07) is 16.8. The van der Waals surface area contributed by atoms with Crippen molar-refractivity contribution in [3.05, 3.63) is 64.1 Å². The lowest BCUT2D eigenvalue weighted by atomic mass is 10.1. The molecule has 0 spiro atoms. The van der Waals surface area contributed by atoms with Gasteiger partial charge in [-0.25, -0.2) is 0 Å². The summed E-state index contributed by atoms with van der Waals surface area (Å²) in [6.07, 6.45) is 1.34. The Morgan fingerprint density at radius 1 is 0.880 bits per heavy atom. The third-order valence-electron chi connectivity index (χ3n) is 5.29. The van der Waals surface area contributed by atoms with E-state index in [0.717, 1.165) is 43.7 Å². The van der Waals surface area contributed by atoms with Gasteiger partial charge in [0.25, 0.3) is 0 Å². The molecule has 0 bridgehead atoms. The van der Waals surface area contributed by atoms with E-state index in [1.807, 2.05) is 12.1 Å². The molecule has 2 aromatic carbocycles. The van der Waals surface area contributed by atoms with Gasteiger partial charge in [-0.1, -0.05) is 59.6 Å². The first-order valence-electron chi connectivity index (χ1n) is 8.68. The Labute approximate surface area is 170 Å². The Morgan fingerprint density at radius 3 is 2.32 bits per heavy atom. The number of nitrogens with zero attached hydrogens (tertiary/aromatic N) is 2. The maximum atomic E-state index is 6.36. The molecule has 0 radical (unpaired) electrons. The molecular weight excluding hydrogens is 419 g/mol. The fourth-order valence-corrected chi connectivity index (χ4v) is 4.21. The van der Waals surface area contributed by atoms with Crippen LogP contribution in [0.4, 0.5) is 5.69 Å². The van der Waals surface area contributed by atoms with Gasteiger partial charge in [0.15, 0.2) is 0 Å². The third kappa shape index (κ3) is 4.33. The maximum Gasteiger partial charge on any atom is 0.0825 e. The number of benzene rings is 2. The van der Waals surface area contributed by atoms with Crippen molar-refractivity contribution in [3.8, 4) is 0 Å². The maximum absolute atomic E-state index is 6.36. The Kier molecular flexibility index (Phi) is 6.32. The van der Waals surface area contributed by atoms with Crippen LogP contribution in [-0.4, -0.2) is 37.6 Å². The van der Waals surface area contributed by atoms with E-state index in [4.69, 9.17) is 23.2 Å². The molecule has 1 saturated carbocycles. The monoisotopic (exact) mass is 440 g/mol. The van der Waals surface area contributed by atoms with Crippen molar-refractivity contribution in [1.82, 2.24) is 4.90 Å². The van der Waals surface area contributed by atoms with E-state index in [-0.39, 0.29) is 17.0 Å². The molecule has 134 valence electrons. The zero-order chi connectivity index (χ0) is 16.5. The van der Waals surface area contributed by atoms with Crippen LogP contribution in [0, 0.1) is 5.92 Å². The van der Waals surface area contributed by atoms with Crippen LogP contribution in [0.5, 0.6) is 0 Å². The van der Waals surface area contributed by atoms with Crippen molar-refractivity contribution in [1.29, 1.82) is 0 Å². The lowest BCUT2D eigenvalue weighted by Crippen LogP contribution is -2.47. The molecule has 2 aliphatic rings. The minimum atomic E-state index is 0. The standard InChI is InChI=1S/C20H22Cl2N2.BrH/c21-18-7-4-8-19(20(18)22)24-11-9-23(10-12-24)14-16-13-17(16)15-5-2-1-3-6-15;/h1-8,16-17H,9-14H2;1H/t16-,17-;/m1./s1. The first-order valence-corrected chi connectivity index (χ1v) is 9.44. The van der Waals surface area contributed by atoms with Crippen LogP contribution in [-0.2, 0) is 0 Å². The normalized spacial score (nSPS) is 23.2. The first-order chi connectivity index (χ1) is 11.7. The second-order valence-electron chi connectivity index (χ2n) is 6.87. The molecule has 2 nitrogen and oxygen atoms in total. The highest BCUT2D eigenvalue weighted by molar-refractivity contribution is 8.93. The van der Waals surface area contributed by atoms with Gasteiger partial charge in [0.1, 0.15) is 0 Å². The van der Waals surface area contributed by atoms with E-state index in [1.54, 1.807) is 0 Å². The molecule has 25 heavy (non-hydrogen) atoms. The van der Waals surface area contributed by atoms with Crippen molar-refractivity contribution in [2.45, 2.75) is 12.3 Å². The van der Waals surface area contributed by atoms with Crippen molar-refractivity contribution < 1.29 is 0 Å². The van der Waals surface area contributed by atoms with Crippen LogP contribution in [0.1, 0.15) is 17.9 Å². The molecule has 4 rings (SSSR count). The Hall–Kier alpha value is -0.740. The van der Waals surface area contributed by atoms with Crippen LogP contribution < -0.4 is 4.90 Å². The average molecular weight is 442 g/mol. The highest BCUT2D eigenvalue weighted by Gasteiger charge is 2.39. The molecule has 2 aromatic rings. The second kappa shape index (κ2) is 8.30. The van der Waals surface area contributed by atoms with E-state index in [1.165, 1.54) is 18.5 Å². The summed E-state index contributed by atoms with van der Waals surface area (Å²) in [5.41, 5.74) is 2.57. The molecule has 1 aliphatic heterocycles. The molecular formula is C20H23BrCl2N2. The SMILES string of the molecule is Br.Clc1cccc(N2CCN(C[C@H]3C[C@@H]3c3ccccc3)CC2)c1Cl. The van der Waals surface area contributed by atoms with Gasteiger partial charge in [-0.2, -0.15) is 0 Å². The predicted molar refractivity (Wildman–Crippen MR) is 113 cm³/mol. The minimum absolute atomic E-state index is 0. The van der Waals surface area contributed by atoms with E-state index in [2.05, 4.69) is 46.2 Å². The Bertz CT molecular complexity index is 702. The predicted octanol–water partition coefficient (Wildman–Crippen LogP) is 5.50. The van der Waals surface area contributed by atoms with Gasteiger partial charge in [-0.3, -0.25) is 4.90 Å². The van der Waals surface area contributed by atoms with Gasteiger partial charge in [0, 0.05) is 32.7 Å². The third-order valence-corrected chi connectivity index (χ3v) is 6.10. The first kappa shape index (κ1) is 19.0. The molecule has 2 atom stereocenters. The van der Waals surface area contributed by atoms with Gasteiger partial charge in [0.2, 0.25) is 0 Å². The number of rotatable bonds is 4. The van der Waals surface area contributed by atoms with Crippen LogP contribution in [0.3, 0.4) is 0 Å². The minimum Gasteiger partial charge on any atom is -0.368 e. The largest absolute Gasteiger partial charge is 0.368 e. The molecule has 1 heterocycles. The molecule has 0 N–H and O–H groups in total. The van der Waals surface area contributed by atoms with E-state index < -0.39 is 0 Å². The van der Waals surface area contributed by atoms with Crippen molar-refractivity contribution in [2.24, 2.45) is 5.92 Å². The molecule has 1 aliphatic carbocycles. The highest BCUT2D eigenvalue weighted by Crippen LogP contribution is 2.47. The van der Waals surface area contributed by atoms with Crippen LogP contribution in [0.2, 0.25) is 10.0 Å². The number of anilines is 1. The summed E-state index contributed by atoms with van der Waals surface area (Å²) in [5, 5.41) is 1.32. The molecule has 1 saturated heterocycles. The summed E-state index contributed by atoms with van der Waals surface area (Å²) < 4.78 is 0. The number of hydrogen-bond donors (Lipinski definition) is 0. The van der Waals surface area contributed by atoms with Gasteiger partial charge < -0.3 is 4.90 Å². The van der Waals surface area contributed by atoms with Crippen LogP contribution in [0.15, 0.2) is 48.5 Å². The lowest BCUT2D eigenvalue weighted by Gasteiger charge is -2.36. The Morgan fingerprint density at radius 2 is 1.60 bits per heavy atom. The topological polar surface area (TPSA) is 6.48 Å². The second-order valence-corrected chi connectivity index (χ2v) is 7.66. The number of halogens is 3. The average Bonchev–Trinajstić information content (AvgIpc) is 3.38. The summed E-state index contributed by atoms with van der Waals surface area (Å²) in [7, 11) is 0. The number of hydrogen-bond acceptors (Lipinski definition) is 2. The fourth-order valence-electron chi connectivity index (χ4n) is 3.80. The van der Waals surface area contributed by atoms with Gasteiger partial charge in [0.05, 0.1) is 15.7 Å². The van der Waals surface area contributed by atoms with Gasteiger partial charge in [-0.05, 0) is 36.0 Å². The van der Waals surface area contributed by atoms with Crippen LogP contribution in [0.25, 0.3) is 0 Å².